The molecule has 5 saturated carbocycles. The van der Waals surface area contributed by atoms with Crippen LogP contribution in [0.5, 0.6) is 11.5 Å². The molecule has 5 fully saturated rings. The van der Waals surface area contributed by atoms with Crippen LogP contribution in [0.1, 0.15) is 90.2 Å². The Morgan fingerprint density at radius 2 is 1.85 bits per heavy atom. The monoisotopic (exact) mass is 466 g/mol. The summed E-state index contributed by atoms with van der Waals surface area (Å²) < 4.78 is 13.5. The van der Waals surface area contributed by atoms with Gasteiger partial charge in [0, 0.05) is 24.0 Å². The normalized spacial score (nSPS) is 45.5. The Morgan fingerprint density at radius 1 is 1.09 bits per heavy atom. The lowest BCUT2D eigenvalue weighted by atomic mass is 9.30. The number of ether oxygens (including phenoxy) is 2. The molecule has 34 heavy (non-hydrogen) atoms. The predicted molar refractivity (Wildman–Crippen MR) is 131 cm³/mol. The van der Waals surface area contributed by atoms with E-state index in [9.17, 15) is 10.2 Å². The molecular weight excluding hydrogens is 424 g/mol. The Labute approximate surface area is 204 Å². The quantitative estimate of drug-likeness (QED) is 0.593. The lowest BCUT2D eigenvalue weighted by Crippen LogP contribution is -2.80. The summed E-state index contributed by atoms with van der Waals surface area (Å²) >= 11 is 0. The standard InChI is InChI=1S/C30H42O4/c1-26(2,3)27(4,32)22-16-28-12-13-30(22,33-5)25-29(28)11-10-18(14-17-6-7-17)20(28)15-19-8-9-21(31)24(34-25)23(19)29/h8-9,17-18,20,22,25,31-32H,6-7,10-16H2,1-5H3/t18?,20-,22+,25+,27?,28+,29?,30+/m0/s1. The Bertz CT molecular complexity index is 1050. The second-order valence-electron chi connectivity index (χ2n) is 14.2. The van der Waals surface area contributed by atoms with E-state index in [0.29, 0.717) is 5.92 Å². The first kappa shape index (κ1) is 22.0. The Morgan fingerprint density at radius 3 is 2.53 bits per heavy atom. The average molecular weight is 467 g/mol. The maximum absolute atomic E-state index is 12.2. The maximum Gasteiger partial charge on any atom is 0.165 e. The fraction of sp³-hybridized carbons (Fsp3) is 0.800. The molecule has 0 radical (unpaired) electrons. The zero-order valence-electron chi connectivity index (χ0n) is 21.6. The van der Waals surface area contributed by atoms with Crippen molar-refractivity contribution in [2.24, 2.45) is 34.5 Å². The summed E-state index contributed by atoms with van der Waals surface area (Å²) in [6.07, 6.45) is 10.6. The van der Waals surface area contributed by atoms with Gasteiger partial charge in [0.2, 0.25) is 0 Å². The molecule has 6 aliphatic carbocycles. The van der Waals surface area contributed by atoms with Crippen LogP contribution in [-0.2, 0) is 16.6 Å². The molecule has 2 spiro atoms. The molecule has 4 heteroatoms. The van der Waals surface area contributed by atoms with Gasteiger partial charge < -0.3 is 19.7 Å². The third kappa shape index (κ3) is 2.26. The van der Waals surface area contributed by atoms with Crippen molar-refractivity contribution >= 4 is 0 Å². The van der Waals surface area contributed by atoms with Gasteiger partial charge in [-0.3, -0.25) is 0 Å². The fourth-order valence-corrected chi connectivity index (χ4v) is 10.2. The van der Waals surface area contributed by atoms with Crippen LogP contribution in [0.15, 0.2) is 12.1 Å². The van der Waals surface area contributed by atoms with Crippen LogP contribution < -0.4 is 4.74 Å². The molecule has 186 valence electrons. The van der Waals surface area contributed by atoms with Gasteiger partial charge in [-0.25, -0.2) is 0 Å². The number of hydrogen-bond acceptors (Lipinski definition) is 4. The molecule has 0 aromatic heterocycles. The van der Waals surface area contributed by atoms with Crippen LogP contribution in [0, 0.1) is 34.5 Å². The van der Waals surface area contributed by atoms with E-state index >= 15 is 0 Å². The van der Waals surface area contributed by atoms with E-state index in [-0.39, 0.29) is 34.0 Å². The van der Waals surface area contributed by atoms with Crippen LogP contribution in [0.4, 0.5) is 0 Å². The van der Waals surface area contributed by atoms with E-state index in [0.717, 1.165) is 49.7 Å². The first-order valence-electron chi connectivity index (χ1n) is 13.8. The van der Waals surface area contributed by atoms with E-state index in [2.05, 4.69) is 26.8 Å². The van der Waals surface area contributed by atoms with Crippen LogP contribution in [0.3, 0.4) is 0 Å². The second-order valence-corrected chi connectivity index (χ2v) is 14.2. The lowest BCUT2D eigenvalue weighted by molar-refractivity contribution is -0.314. The molecule has 1 aromatic carbocycles. The van der Waals surface area contributed by atoms with Gasteiger partial charge in [-0.2, -0.15) is 0 Å². The molecule has 1 heterocycles. The number of phenolic OH excluding ortho intramolecular Hbond substituents is 1. The van der Waals surface area contributed by atoms with Gasteiger partial charge in [-0.15, -0.1) is 0 Å². The van der Waals surface area contributed by atoms with Crippen LogP contribution in [0.25, 0.3) is 0 Å². The van der Waals surface area contributed by atoms with Crippen molar-refractivity contribution in [1.29, 1.82) is 0 Å². The van der Waals surface area contributed by atoms with Gasteiger partial charge in [0.15, 0.2) is 11.5 Å². The van der Waals surface area contributed by atoms with Gasteiger partial charge in [0.05, 0.1) is 5.60 Å². The first-order valence-corrected chi connectivity index (χ1v) is 13.8. The Hall–Kier alpha value is -1.26. The molecule has 1 aromatic rings. The molecule has 0 saturated heterocycles. The van der Waals surface area contributed by atoms with Crippen LogP contribution in [0.2, 0.25) is 0 Å². The highest BCUT2D eigenvalue weighted by molar-refractivity contribution is 5.63. The van der Waals surface area contributed by atoms with Crippen LogP contribution >= 0.6 is 0 Å². The molecule has 7 aliphatic rings. The number of aromatic hydroxyl groups is 1. The van der Waals surface area contributed by atoms with Gasteiger partial charge >= 0.3 is 0 Å². The molecule has 4 nitrogen and oxygen atoms in total. The fourth-order valence-electron chi connectivity index (χ4n) is 10.2. The Kier molecular flexibility index (Phi) is 4.10. The smallest absolute Gasteiger partial charge is 0.165 e. The van der Waals surface area contributed by atoms with Crippen molar-refractivity contribution in [1.82, 2.24) is 0 Å². The van der Waals surface area contributed by atoms with Crippen molar-refractivity contribution in [3.8, 4) is 11.5 Å². The zero-order valence-corrected chi connectivity index (χ0v) is 21.6. The third-order valence-corrected chi connectivity index (χ3v) is 12.3. The topological polar surface area (TPSA) is 58.9 Å². The number of fused-ring (bicyclic) bond motifs is 2. The molecule has 3 unspecified atom stereocenters. The third-order valence-electron chi connectivity index (χ3n) is 12.3. The number of rotatable bonds is 4. The van der Waals surface area contributed by atoms with Gasteiger partial charge in [-0.05, 0) is 92.1 Å². The zero-order chi connectivity index (χ0) is 23.9. The molecule has 2 N–H and O–H groups in total. The number of benzene rings is 1. The minimum atomic E-state index is -0.890. The summed E-state index contributed by atoms with van der Waals surface area (Å²) in [5, 5.41) is 23.2. The number of hydrogen-bond donors (Lipinski definition) is 2. The summed E-state index contributed by atoms with van der Waals surface area (Å²) in [5.74, 6) is 3.33. The van der Waals surface area contributed by atoms with Gasteiger partial charge in [0.25, 0.3) is 0 Å². The van der Waals surface area contributed by atoms with E-state index in [1.807, 2.05) is 20.1 Å². The van der Waals surface area contributed by atoms with E-state index in [4.69, 9.17) is 9.47 Å². The summed E-state index contributed by atoms with van der Waals surface area (Å²) in [4.78, 5) is 0. The minimum Gasteiger partial charge on any atom is -0.504 e. The second kappa shape index (κ2) is 6.35. The van der Waals surface area contributed by atoms with E-state index in [1.165, 1.54) is 36.8 Å². The minimum absolute atomic E-state index is 0.00273. The summed E-state index contributed by atoms with van der Waals surface area (Å²) in [7, 11) is 1.84. The van der Waals surface area contributed by atoms with Crippen molar-refractivity contribution in [3.05, 3.63) is 23.3 Å². The number of methoxy groups -OCH3 is 1. The molecule has 4 bridgehead atoms. The molecular formula is C30H42O4. The number of phenols is 1. The first-order chi connectivity index (χ1) is 16.0. The SMILES string of the molecule is CO[C@]12CC[C@@]3(C[C@@H]1C(C)(O)C(C)(C)C)[C@H]1Cc4ccc(O)c5c4C3(CCC1CC1CC1)[C@H]2O5. The maximum atomic E-state index is 12.2. The predicted octanol–water partition coefficient (Wildman–Crippen LogP) is 5.76. The van der Waals surface area contributed by atoms with Crippen molar-refractivity contribution in [2.45, 2.75) is 108 Å². The largest absolute Gasteiger partial charge is 0.504 e. The van der Waals surface area contributed by atoms with Crippen molar-refractivity contribution in [2.75, 3.05) is 7.11 Å². The highest BCUT2D eigenvalue weighted by Gasteiger charge is 2.82. The van der Waals surface area contributed by atoms with Gasteiger partial charge in [-0.1, -0.05) is 39.7 Å². The van der Waals surface area contributed by atoms with Crippen LogP contribution in [-0.4, -0.2) is 34.6 Å². The summed E-state index contributed by atoms with van der Waals surface area (Å²) in [5.41, 5.74) is 1.02. The van der Waals surface area contributed by atoms with Crippen molar-refractivity contribution in [3.63, 3.8) is 0 Å². The molecule has 8 rings (SSSR count). The highest BCUT2D eigenvalue weighted by Crippen LogP contribution is 2.80. The lowest BCUT2D eigenvalue weighted by Gasteiger charge is -2.75. The van der Waals surface area contributed by atoms with E-state index < -0.39 is 11.2 Å². The van der Waals surface area contributed by atoms with Gasteiger partial charge in [0.1, 0.15) is 11.7 Å². The molecule has 0 amide bonds. The average Bonchev–Trinajstić information content (AvgIpc) is 3.53. The molecule has 1 aliphatic heterocycles. The summed E-state index contributed by atoms with van der Waals surface area (Å²) in [6, 6.07) is 4.04. The molecule has 8 atom stereocenters. The Balaban J connectivity index is 1.47. The summed E-state index contributed by atoms with van der Waals surface area (Å²) in [6.45, 7) is 8.54. The van der Waals surface area contributed by atoms with E-state index in [1.54, 1.807) is 0 Å². The number of aliphatic hydroxyl groups is 1. The van der Waals surface area contributed by atoms with Crippen molar-refractivity contribution < 1.29 is 19.7 Å². The highest BCUT2D eigenvalue weighted by atomic mass is 16.6.